The molecule has 2 rings (SSSR count). The third-order valence-electron chi connectivity index (χ3n) is 5.44. The molecule has 9 nitrogen and oxygen atoms in total. The highest BCUT2D eigenvalue weighted by Crippen LogP contribution is 2.31. The van der Waals surface area contributed by atoms with E-state index >= 15 is 0 Å². The zero-order chi connectivity index (χ0) is 28.7. The molecule has 0 aromatic heterocycles. The van der Waals surface area contributed by atoms with E-state index in [2.05, 4.69) is 15.4 Å². The average Bonchev–Trinajstić information content (AvgIpc) is 2.80. The number of aliphatic carboxylic acids is 1. The molecule has 208 valence electrons. The number of amides is 2. The fourth-order valence-electron chi connectivity index (χ4n) is 3.69. The molecule has 0 saturated carbocycles. The van der Waals surface area contributed by atoms with Crippen LogP contribution in [0.3, 0.4) is 0 Å². The maximum Gasteiger partial charge on any atom is 0.573 e. The first-order valence-corrected chi connectivity index (χ1v) is 11.7. The summed E-state index contributed by atoms with van der Waals surface area (Å²) < 4.78 is 47.3. The maximum absolute atomic E-state index is 13.2. The van der Waals surface area contributed by atoms with Crippen molar-refractivity contribution in [3.05, 3.63) is 65.7 Å². The Balaban J connectivity index is 2.38. The van der Waals surface area contributed by atoms with E-state index < -0.39 is 53.4 Å². The van der Waals surface area contributed by atoms with Crippen molar-refractivity contribution in [3.63, 3.8) is 0 Å². The number of hydrogen-bond acceptors (Lipinski definition) is 6. The molecule has 2 aromatic carbocycles. The van der Waals surface area contributed by atoms with Gasteiger partial charge in [0.1, 0.15) is 11.4 Å². The van der Waals surface area contributed by atoms with Gasteiger partial charge in [-0.3, -0.25) is 4.79 Å². The Morgan fingerprint density at radius 1 is 1.00 bits per heavy atom. The summed E-state index contributed by atoms with van der Waals surface area (Å²) in [5, 5.41) is 25.7. The Hall–Kier alpha value is -3.80. The summed E-state index contributed by atoms with van der Waals surface area (Å²) in [6, 6.07) is 11.5. The Labute approximate surface area is 217 Å². The van der Waals surface area contributed by atoms with E-state index in [1.54, 1.807) is 51.1 Å². The van der Waals surface area contributed by atoms with Crippen LogP contribution in [0.4, 0.5) is 18.0 Å². The topological polar surface area (TPSA) is 134 Å². The number of hydrogen-bond donors (Lipinski definition) is 4. The molecule has 0 aliphatic carbocycles. The molecular formula is C26H31F3N2O7. The average molecular weight is 541 g/mol. The molecule has 2 amide bonds. The van der Waals surface area contributed by atoms with Gasteiger partial charge in [0.25, 0.3) is 5.91 Å². The largest absolute Gasteiger partial charge is 0.573 e. The van der Waals surface area contributed by atoms with Crippen LogP contribution in [0.1, 0.15) is 45.2 Å². The summed E-state index contributed by atoms with van der Waals surface area (Å²) >= 11 is 0. The second-order valence-corrected chi connectivity index (χ2v) is 9.52. The lowest BCUT2D eigenvalue weighted by Gasteiger charge is -2.33. The molecule has 12 heteroatoms. The number of halogens is 3. The molecule has 0 fully saturated rings. The van der Waals surface area contributed by atoms with E-state index in [0.29, 0.717) is 5.56 Å². The van der Waals surface area contributed by atoms with Crippen LogP contribution in [0.5, 0.6) is 5.75 Å². The Morgan fingerprint density at radius 2 is 1.63 bits per heavy atom. The zero-order valence-electron chi connectivity index (χ0n) is 21.3. The van der Waals surface area contributed by atoms with Gasteiger partial charge in [-0.2, -0.15) is 0 Å². The quantitative estimate of drug-likeness (QED) is 0.359. The molecule has 0 aliphatic heterocycles. The summed E-state index contributed by atoms with van der Waals surface area (Å²) in [6.45, 7) is 6.28. The fourth-order valence-corrected chi connectivity index (χ4v) is 3.69. The molecule has 0 spiro atoms. The standard InChI is InChI=1S/C26H31F3N2O7/c1-5-25(22(34)35,17-12-9-13-18(15-17)37-26(27,28)29)31-21(33)20(32)19(14-16-10-7-6-8-11-16)30-23(36)38-24(2,3)4/h6-13,15,19-20,32H,5,14H2,1-4H3,(H,30,36)(H,31,33)(H,34,35)/t19-,20+,25-/m1/s1. The summed E-state index contributed by atoms with van der Waals surface area (Å²) in [7, 11) is 0. The maximum atomic E-state index is 13.2. The van der Waals surface area contributed by atoms with Crippen molar-refractivity contribution in [1.82, 2.24) is 10.6 Å². The number of carbonyl (C=O) groups excluding carboxylic acids is 2. The van der Waals surface area contributed by atoms with Gasteiger partial charge >= 0.3 is 18.4 Å². The van der Waals surface area contributed by atoms with Gasteiger partial charge in [0.2, 0.25) is 0 Å². The Bertz CT molecular complexity index is 1120. The molecule has 38 heavy (non-hydrogen) atoms. The number of aliphatic hydroxyl groups is 1. The van der Waals surface area contributed by atoms with Gasteiger partial charge in [-0.15, -0.1) is 13.2 Å². The number of benzene rings is 2. The van der Waals surface area contributed by atoms with Crippen LogP contribution < -0.4 is 15.4 Å². The SMILES string of the molecule is CC[C@](NC(=O)[C@@H](O)[C@@H](Cc1ccccc1)NC(=O)OC(C)(C)C)(C(=O)O)c1cccc(OC(F)(F)F)c1. The van der Waals surface area contributed by atoms with E-state index in [9.17, 15) is 37.8 Å². The van der Waals surface area contributed by atoms with Crippen molar-refractivity contribution < 1.29 is 47.2 Å². The first-order valence-electron chi connectivity index (χ1n) is 11.7. The Morgan fingerprint density at radius 3 is 2.16 bits per heavy atom. The number of alkyl halides is 3. The van der Waals surface area contributed by atoms with E-state index in [1.165, 1.54) is 13.0 Å². The monoisotopic (exact) mass is 540 g/mol. The Kier molecular flexibility index (Phi) is 9.74. The van der Waals surface area contributed by atoms with Crippen molar-refractivity contribution in [2.45, 2.75) is 70.2 Å². The third-order valence-corrected chi connectivity index (χ3v) is 5.44. The van der Waals surface area contributed by atoms with Gasteiger partial charge in [0, 0.05) is 0 Å². The van der Waals surface area contributed by atoms with E-state index in [0.717, 1.165) is 18.2 Å². The van der Waals surface area contributed by atoms with Gasteiger partial charge in [0.05, 0.1) is 6.04 Å². The molecule has 0 saturated heterocycles. The second kappa shape index (κ2) is 12.2. The molecule has 0 bridgehead atoms. The van der Waals surface area contributed by atoms with E-state index in [-0.39, 0.29) is 18.4 Å². The fraction of sp³-hybridized carbons (Fsp3) is 0.423. The molecule has 3 atom stereocenters. The minimum absolute atomic E-state index is 0.0181. The summed E-state index contributed by atoms with van der Waals surface area (Å²) in [4.78, 5) is 38.0. The third kappa shape index (κ3) is 8.65. The molecule has 4 N–H and O–H groups in total. The summed E-state index contributed by atoms with van der Waals surface area (Å²) in [5.74, 6) is -3.43. The number of alkyl carbamates (subject to hydrolysis) is 1. The highest BCUT2D eigenvalue weighted by Gasteiger charge is 2.43. The van der Waals surface area contributed by atoms with Crippen LogP contribution in [-0.4, -0.2) is 52.3 Å². The summed E-state index contributed by atoms with van der Waals surface area (Å²) in [6.07, 6.45) is -8.20. The highest BCUT2D eigenvalue weighted by atomic mass is 19.4. The van der Waals surface area contributed by atoms with Crippen LogP contribution in [0.25, 0.3) is 0 Å². The second-order valence-electron chi connectivity index (χ2n) is 9.52. The lowest BCUT2D eigenvalue weighted by molar-refractivity contribution is -0.274. The lowest BCUT2D eigenvalue weighted by Crippen LogP contribution is -2.58. The first-order chi connectivity index (χ1) is 17.6. The van der Waals surface area contributed by atoms with Gasteiger partial charge in [-0.1, -0.05) is 49.4 Å². The predicted octanol–water partition coefficient (Wildman–Crippen LogP) is 3.89. The van der Waals surface area contributed by atoms with Gasteiger partial charge < -0.3 is 30.3 Å². The van der Waals surface area contributed by atoms with Crippen LogP contribution in [0.15, 0.2) is 54.6 Å². The van der Waals surface area contributed by atoms with E-state index in [1.807, 2.05) is 0 Å². The van der Waals surface area contributed by atoms with Crippen molar-refractivity contribution in [3.8, 4) is 5.75 Å². The number of carboxylic acid groups (broad SMARTS) is 1. The number of ether oxygens (including phenoxy) is 2. The van der Waals surface area contributed by atoms with Gasteiger partial charge in [-0.25, -0.2) is 9.59 Å². The van der Waals surface area contributed by atoms with Crippen molar-refractivity contribution in [2.75, 3.05) is 0 Å². The highest BCUT2D eigenvalue weighted by molar-refractivity contribution is 5.90. The molecule has 0 radical (unpaired) electrons. The minimum Gasteiger partial charge on any atom is -0.479 e. The molecule has 2 aromatic rings. The number of rotatable bonds is 10. The van der Waals surface area contributed by atoms with Crippen molar-refractivity contribution in [2.24, 2.45) is 0 Å². The number of carboxylic acids is 1. The molecule has 0 heterocycles. The van der Waals surface area contributed by atoms with Crippen LogP contribution >= 0.6 is 0 Å². The van der Waals surface area contributed by atoms with Crippen molar-refractivity contribution in [1.29, 1.82) is 0 Å². The lowest BCUT2D eigenvalue weighted by atomic mass is 9.86. The van der Waals surface area contributed by atoms with Gasteiger partial charge in [-0.05, 0) is 56.9 Å². The number of nitrogens with one attached hydrogen (secondary N) is 2. The molecular weight excluding hydrogens is 509 g/mol. The smallest absolute Gasteiger partial charge is 0.479 e. The van der Waals surface area contributed by atoms with Crippen molar-refractivity contribution >= 4 is 18.0 Å². The number of aliphatic hydroxyl groups excluding tert-OH is 1. The molecule has 0 aliphatic rings. The zero-order valence-corrected chi connectivity index (χ0v) is 21.3. The van der Waals surface area contributed by atoms with E-state index in [4.69, 9.17) is 4.74 Å². The number of carbonyl (C=O) groups is 3. The summed E-state index contributed by atoms with van der Waals surface area (Å²) in [5.41, 5.74) is -2.66. The van der Waals surface area contributed by atoms with Crippen LogP contribution in [-0.2, 0) is 26.3 Å². The minimum atomic E-state index is -5.02. The van der Waals surface area contributed by atoms with Crippen LogP contribution in [0, 0.1) is 0 Å². The van der Waals surface area contributed by atoms with Crippen LogP contribution in [0.2, 0.25) is 0 Å². The molecule has 0 unspecified atom stereocenters. The normalized spacial score (nSPS) is 14.9. The van der Waals surface area contributed by atoms with Gasteiger partial charge in [0.15, 0.2) is 11.6 Å². The first kappa shape index (κ1) is 30.4. The predicted molar refractivity (Wildman–Crippen MR) is 130 cm³/mol.